The van der Waals surface area contributed by atoms with Crippen LogP contribution in [-0.2, 0) is 6.54 Å². The molecule has 3 rings (SSSR count). The maximum Gasteiger partial charge on any atom is 0.258 e. The number of likely N-dealkylation sites (tertiary alicyclic amines) is 1. The average molecular weight is 256 g/mol. The summed E-state index contributed by atoms with van der Waals surface area (Å²) in [7, 11) is 2.16. The molecule has 0 aliphatic carbocycles. The first-order valence-electron chi connectivity index (χ1n) is 7.01. The molecule has 1 saturated heterocycles. The van der Waals surface area contributed by atoms with Crippen molar-refractivity contribution in [1.82, 2.24) is 9.47 Å². The first-order chi connectivity index (χ1) is 9.24. The molecule has 3 nitrogen and oxygen atoms in total. The highest BCUT2D eigenvalue weighted by Crippen LogP contribution is 2.17. The van der Waals surface area contributed by atoms with Crippen molar-refractivity contribution in [2.75, 3.05) is 20.1 Å². The van der Waals surface area contributed by atoms with Crippen LogP contribution in [0.4, 0.5) is 0 Å². The zero-order valence-electron chi connectivity index (χ0n) is 11.4. The third-order valence-corrected chi connectivity index (χ3v) is 4.06. The van der Waals surface area contributed by atoms with Gasteiger partial charge in [-0.2, -0.15) is 0 Å². The van der Waals surface area contributed by atoms with Crippen molar-refractivity contribution < 1.29 is 0 Å². The van der Waals surface area contributed by atoms with E-state index in [0.717, 1.165) is 23.9 Å². The minimum absolute atomic E-state index is 0.145. The second-order valence-corrected chi connectivity index (χ2v) is 5.63. The number of rotatable bonds is 2. The summed E-state index contributed by atoms with van der Waals surface area (Å²) >= 11 is 0. The molecule has 0 saturated carbocycles. The summed E-state index contributed by atoms with van der Waals surface area (Å²) in [6.07, 6.45) is 4.41. The third-order valence-electron chi connectivity index (χ3n) is 4.06. The molecule has 1 aromatic heterocycles. The minimum Gasteiger partial charge on any atom is -0.315 e. The van der Waals surface area contributed by atoms with Crippen molar-refractivity contribution in [2.45, 2.75) is 19.4 Å². The molecule has 1 aromatic carbocycles. The van der Waals surface area contributed by atoms with Crippen molar-refractivity contribution >= 4 is 10.8 Å². The van der Waals surface area contributed by atoms with Gasteiger partial charge < -0.3 is 9.47 Å². The van der Waals surface area contributed by atoms with Crippen LogP contribution < -0.4 is 5.56 Å². The lowest BCUT2D eigenvalue weighted by Gasteiger charge is -2.30. The number of piperidine rings is 1. The van der Waals surface area contributed by atoms with Crippen LogP contribution in [0.15, 0.2) is 41.3 Å². The van der Waals surface area contributed by atoms with E-state index in [1.807, 2.05) is 41.1 Å². The molecule has 19 heavy (non-hydrogen) atoms. The van der Waals surface area contributed by atoms with Crippen LogP contribution in [0.25, 0.3) is 10.8 Å². The number of hydrogen-bond donors (Lipinski definition) is 0. The molecule has 2 heterocycles. The Bertz CT molecular complexity index is 632. The summed E-state index contributed by atoms with van der Waals surface area (Å²) in [6, 6.07) is 9.87. The van der Waals surface area contributed by atoms with E-state index in [2.05, 4.69) is 11.9 Å². The Morgan fingerprint density at radius 2 is 2.11 bits per heavy atom. The Morgan fingerprint density at radius 1 is 1.26 bits per heavy atom. The Morgan fingerprint density at radius 3 is 2.95 bits per heavy atom. The van der Waals surface area contributed by atoms with E-state index in [1.54, 1.807) is 0 Å². The van der Waals surface area contributed by atoms with Gasteiger partial charge in [-0.25, -0.2) is 0 Å². The number of pyridine rings is 1. The monoisotopic (exact) mass is 256 g/mol. The minimum atomic E-state index is 0.145. The maximum atomic E-state index is 12.4. The second-order valence-electron chi connectivity index (χ2n) is 5.63. The molecule has 1 aliphatic rings. The Kier molecular flexibility index (Phi) is 3.38. The first kappa shape index (κ1) is 12.4. The molecule has 2 aromatic rings. The third kappa shape index (κ3) is 2.56. The van der Waals surface area contributed by atoms with Gasteiger partial charge in [0.05, 0.1) is 0 Å². The summed E-state index contributed by atoms with van der Waals surface area (Å²) in [6.45, 7) is 3.12. The number of benzene rings is 1. The summed E-state index contributed by atoms with van der Waals surface area (Å²) in [5.74, 6) is 0.595. The molecule has 3 heteroatoms. The lowest BCUT2D eigenvalue weighted by molar-refractivity contribution is 0.193. The summed E-state index contributed by atoms with van der Waals surface area (Å²) in [5.41, 5.74) is 0.145. The molecule has 1 atom stereocenters. The van der Waals surface area contributed by atoms with Gasteiger partial charge in [0.15, 0.2) is 0 Å². The summed E-state index contributed by atoms with van der Waals surface area (Å²) in [5, 5.41) is 1.86. The lowest BCUT2D eigenvalue weighted by Crippen LogP contribution is -2.36. The zero-order valence-corrected chi connectivity index (χ0v) is 11.4. The Hall–Kier alpha value is -1.61. The van der Waals surface area contributed by atoms with Crippen LogP contribution in [0.2, 0.25) is 0 Å². The molecule has 0 radical (unpaired) electrons. The molecule has 0 unspecified atom stereocenters. The van der Waals surface area contributed by atoms with Gasteiger partial charge in [-0.3, -0.25) is 4.79 Å². The second kappa shape index (κ2) is 5.17. The Labute approximate surface area is 113 Å². The van der Waals surface area contributed by atoms with Gasteiger partial charge in [-0.15, -0.1) is 0 Å². The van der Waals surface area contributed by atoms with Crippen molar-refractivity contribution in [3.63, 3.8) is 0 Å². The quantitative estimate of drug-likeness (QED) is 0.824. The fraction of sp³-hybridized carbons (Fsp3) is 0.438. The van der Waals surface area contributed by atoms with E-state index in [4.69, 9.17) is 0 Å². The number of hydrogen-bond acceptors (Lipinski definition) is 2. The summed E-state index contributed by atoms with van der Waals surface area (Å²) in [4.78, 5) is 14.8. The van der Waals surface area contributed by atoms with Crippen LogP contribution in [0.1, 0.15) is 12.8 Å². The predicted molar refractivity (Wildman–Crippen MR) is 78.4 cm³/mol. The smallest absolute Gasteiger partial charge is 0.258 e. The van der Waals surface area contributed by atoms with Crippen LogP contribution in [0.5, 0.6) is 0 Å². The highest BCUT2D eigenvalue weighted by atomic mass is 16.1. The van der Waals surface area contributed by atoms with Crippen molar-refractivity contribution in [3.05, 3.63) is 46.9 Å². The molecular weight excluding hydrogens is 236 g/mol. The molecule has 1 aliphatic heterocycles. The molecule has 0 amide bonds. The normalized spacial score (nSPS) is 20.8. The van der Waals surface area contributed by atoms with Gasteiger partial charge in [-0.1, -0.05) is 18.2 Å². The first-order valence-corrected chi connectivity index (χ1v) is 7.01. The molecule has 0 N–H and O–H groups in total. The molecule has 0 bridgehead atoms. The van der Waals surface area contributed by atoms with E-state index < -0.39 is 0 Å². The fourth-order valence-corrected chi connectivity index (χ4v) is 3.07. The molecular formula is C16H20N2O. The SMILES string of the molecule is CN1CCC[C@H](Cn2ccc3ccccc3c2=O)C1. The lowest BCUT2D eigenvalue weighted by atomic mass is 9.98. The van der Waals surface area contributed by atoms with Gasteiger partial charge in [0.25, 0.3) is 5.56 Å². The van der Waals surface area contributed by atoms with Crippen LogP contribution in [-0.4, -0.2) is 29.6 Å². The standard InChI is InChI=1S/C16H20N2O/c1-17-9-4-5-13(11-17)12-18-10-8-14-6-2-3-7-15(14)16(18)19/h2-3,6-8,10,13H,4-5,9,11-12H2,1H3/t13-/m0/s1. The van der Waals surface area contributed by atoms with Crippen LogP contribution >= 0.6 is 0 Å². The van der Waals surface area contributed by atoms with Gasteiger partial charge in [0.2, 0.25) is 0 Å². The largest absolute Gasteiger partial charge is 0.315 e. The molecule has 1 fully saturated rings. The van der Waals surface area contributed by atoms with Crippen LogP contribution in [0, 0.1) is 5.92 Å². The number of nitrogens with zero attached hydrogens (tertiary/aromatic N) is 2. The van der Waals surface area contributed by atoms with E-state index >= 15 is 0 Å². The van der Waals surface area contributed by atoms with E-state index in [1.165, 1.54) is 19.4 Å². The van der Waals surface area contributed by atoms with Crippen molar-refractivity contribution in [2.24, 2.45) is 5.92 Å². The van der Waals surface area contributed by atoms with Crippen LogP contribution in [0.3, 0.4) is 0 Å². The maximum absolute atomic E-state index is 12.4. The fourth-order valence-electron chi connectivity index (χ4n) is 3.07. The van der Waals surface area contributed by atoms with Gasteiger partial charge in [0.1, 0.15) is 0 Å². The number of aromatic nitrogens is 1. The molecule has 100 valence electrons. The van der Waals surface area contributed by atoms with E-state index in [-0.39, 0.29) is 5.56 Å². The number of fused-ring (bicyclic) bond motifs is 1. The average Bonchev–Trinajstić information content (AvgIpc) is 2.42. The predicted octanol–water partition coefficient (Wildman–Crippen LogP) is 2.34. The van der Waals surface area contributed by atoms with Gasteiger partial charge >= 0.3 is 0 Å². The summed E-state index contributed by atoms with van der Waals surface area (Å²) < 4.78 is 1.88. The van der Waals surface area contributed by atoms with E-state index in [9.17, 15) is 4.79 Å². The topological polar surface area (TPSA) is 25.2 Å². The highest BCUT2D eigenvalue weighted by molar-refractivity contribution is 5.81. The van der Waals surface area contributed by atoms with Crippen molar-refractivity contribution in [3.8, 4) is 0 Å². The van der Waals surface area contributed by atoms with Crippen molar-refractivity contribution in [1.29, 1.82) is 0 Å². The highest BCUT2D eigenvalue weighted by Gasteiger charge is 2.18. The van der Waals surface area contributed by atoms with Gasteiger partial charge in [-0.05, 0) is 49.9 Å². The Balaban J connectivity index is 1.89. The molecule has 0 spiro atoms. The van der Waals surface area contributed by atoms with E-state index in [0.29, 0.717) is 5.92 Å². The van der Waals surface area contributed by atoms with Gasteiger partial charge in [0, 0.05) is 24.7 Å². The zero-order chi connectivity index (χ0) is 13.2.